The fourth-order valence-electron chi connectivity index (χ4n) is 7.19. The number of piperidine rings is 1. The molecule has 0 bridgehead atoms. The fraction of sp³-hybridized carbons (Fsp3) is 0.545. The number of carboxylic acid groups (broad SMARTS) is 1. The molecule has 0 spiro atoms. The van der Waals surface area contributed by atoms with Gasteiger partial charge >= 0.3 is 5.97 Å². The lowest BCUT2D eigenvalue weighted by molar-refractivity contribution is -0.145. The van der Waals surface area contributed by atoms with Gasteiger partial charge in [0.2, 0.25) is 0 Å². The number of rotatable bonds is 10. The third-order valence-corrected chi connectivity index (χ3v) is 10.6. The molecule has 4 atom stereocenters. The number of carbonyl (C=O) groups is 1. The molecule has 1 aromatic carbocycles. The summed E-state index contributed by atoms with van der Waals surface area (Å²) in [4.78, 5) is 27.4. The van der Waals surface area contributed by atoms with Crippen LogP contribution in [0.2, 0.25) is 0 Å². The van der Waals surface area contributed by atoms with Crippen LogP contribution in [-0.2, 0) is 11.2 Å². The number of carboxylic acids is 1. The first-order valence-electron chi connectivity index (χ1n) is 15.1. The number of nitrogens with zero attached hydrogens (tertiary/aromatic N) is 4. The van der Waals surface area contributed by atoms with Crippen molar-refractivity contribution in [2.24, 2.45) is 11.8 Å². The fourth-order valence-corrected chi connectivity index (χ4v) is 8.50. The monoisotopic (exact) mass is 686 g/mol. The molecule has 1 aliphatic carbocycles. The molecule has 3 unspecified atom stereocenters. The molecule has 0 radical (unpaired) electrons. The average molecular weight is 688 g/mol. The number of likely N-dealkylation sites (tertiary alicyclic amines) is 1. The van der Waals surface area contributed by atoms with Crippen molar-refractivity contribution in [3.8, 4) is 10.6 Å². The van der Waals surface area contributed by atoms with Gasteiger partial charge in [-0.05, 0) is 106 Å². The number of aryl methyl sites for hydroxylation is 1. The molecule has 1 saturated heterocycles. The molecule has 3 aromatic rings. The number of aliphatic carboxylic acids is 1. The first-order valence-corrected chi connectivity index (χ1v) is 15.9. The minimum atomic E-state index is -0.767. The topological polar surface area (TPSA) is 69.6 Å². The maximum Gasteiger partial charge on any atom is 0.321 e. The highest BCUT2D eigenvalue weighted by atomic mass is 35.5. The van der Waals surface area contributed by atoms with Crippen LogP contribution in [0.3, 0.4) is 0 Å². The number of likely N-dealkylation sites (N-methyl/N-ethyl adjacent to an activating group) is 1. The Morgan fingerprint density at radius 3 is 2.45 bits per heavy atom. The molecule has 1 aliphatic heterocycles. The smallest absolute Gasteiger partial charge is 0.321 e. The third kappa shape index (κ3) is 8.71. The third-order valence-electron chi connectivity index (χ3n) is 9.27. The second-order valence-electron chi connectivity index (χ2n) is 12.2. The molecule has 5 rings (SSSR count). The second-order valence-corrected chi connectivity index (χ2v) is 13.3. The number of hydrogen-bond acceptors (Lipinski definition) is 6. The van der Waals surface area contributed by atoms with Crippen molar-refractivity contribution in [3.05, 3.63) is 70.7 Å². The number of aromatic nitrogens is 2. The Bertz CT molecular complexity index is 1320. The van der Waals surface area contributed by atoms with Gasteiger partial charge in [0.15, 0.2) is 0 Å². The van der Waals surface area contributed by atoms with Gasteiger partial charge in [-0.15, -0.1) is 48.6 Å². The first-order chi connectivity index (χ1) is 19.7. The Hall–Kier alpha value is -1.81. The maximum absolute atomic E-state index is 14.3. The van der Waals surface area contributed by atoms with Gasteiger partial charge in [0, 0.05) is 35.4 Å². The summed E-state index contributed by atoms with van der Waals surface area (Å²) >= 11 is 1.83. The number of halogens is 4. The molecule has 44 heavy (non-hydrogen) atoms. The quantitative estimate of drug-likeness (QED) is 0.233. The summed E-state index contributed by atoms with van der Waals surface area (Å²) in [5.74, 6) is 0.138. The largest absolute Gasteiger partial charge is 0.480 e. The summed E-state index contributed by atoms with van der Waals surface area (Å²) in [5.41, 5.74) is 3.35. The van der Waals surface area contributed by atoms with E-state index >= 15 is 0 Å². The Morgan fingerprint density at radius 2 is 1.86 bits per heavy atom. The standard InChI is InChI=1S/C33H43FN4O2S.3ClH/c1-5-29-31(41-32(36-29)24-9-7-13-35-19-24)22-11-14-38(15-12-22)20-25-17-27(37(4)30(21(2)3)33(39)40)18-28(25)23-8-6-10-26(34)16-23;;;/h6-10,13,16,19,21-22,25,27-28,30H,5,11-12,14-15,17-18,20H2,1-4H3,(H,39,40);3*1H/t25?,27?,28?,30-;;;/m1.../s1. The van der Waals surface area contributed by atoms with E-state index in [9.17, 15) is 14.3 Å². The highest BCUT2D eigenvalue weighted by Crippen LogP contribution is 2.44. The van der Waals surface area contributed by atoms with Crippen LogP contribution < -0.4 is 0 Å². The van der Waals surface area contributed by atoms with E-state index in [1.54, 1.807) is 18.3 Å². The van der Waals surface area contributed by atoms with Crippen molar-refractivity contribution in [1.29, 1.82) is 0 Å². The van der Waals surface area contributed by atoms with Crippen LogP contribution in [0.15, 0.2) is 48.8 Å². The maximum atomic E-state index is 14.3. The van der Waals surface area contributed by atoms with E-state index < -0.39 is 12.0 Å². The van der Waals surface area contributed by atoms with Crippen molar-refractivity contribution in [2.75, 3.05) is 26.7 Å². The van der Waals surface area contributed by atoms with Gasteiger partial charge in [-0.3, -0.25) is 14.7 Å². The van der Waals surface area contributed by atoms with E-state index in [2.05, 4.69) is 27.8 Å². The number of pyridine rings is 1. The predicted molar refractivity (Wildman–Crippen MR) is 185 cm³/mol. The van der Waals surface area contributed by atoms with Crippen LogP contribution in [0, 0.1) is 17.7 Å². The summed E-state index contributed by atoms with van der Waals surface area (Å²) < 4.78 is 14.3. The van der Waals surface area contributed by atoms with Gasteiger partial charge in [0.25, 0.3) is 0 Å². The zero-order valence-corrected chi connectivity index (χ0v) is 29.2. The molecule has 6 nitrogen and oxygen atoms in total. The van der Waals surface area contributed by atoms with Crippen LogP contribution in [-0.4, -0.2) is 69.6 Å². The molecule has 244 valence electrons. The van der Waals surface area contributed by atoms with Gasteiger partial charge in [0.1, 0.15) is 16.9 Å². The van der Waals surface area contributed by atoms with Crippen molar-refractivity contribution in [2.45, 2.75) is 76.8 Å². The molecule has 1 N–H and O–H groups in total. The molecule has 1 saturated carbocycles. The summed E-state index contributed by atoms with van der Waals surface area (Å²) in [6.07, 6.45) is 8.63. The number of thiazole rings is 1. The van der Waals surface area contributed by atoms with Crippen LogP contribution in [0.4, 0.5) is 4.39 Å². The summed E-state index contributed by atoms with van der Waals surface area (Å²) in [6.45, 7) is 9.16. The predicted octanol–water partition coefficient (Wildman–Crippen LogP) is 7.95. The highest BCUT2D eigenvalue weighted by Gasteiger charge is 2.42. The number of benzene rings is 1. The minimum Gasteiger partial charge on any atom is -0.480 e. The molecule has 2 aromatic heterocycles. The van der Waals surface area contributed by atoms with Crippen LogP contribution in [0.5, 0.6) is 0 Å². The molecule has 0 amide bonds. The highest BCUT2D eigenvalue weighted by molar-refractivity contribution is 7.15. The van der Waals surface area contributed by atoms with Gasteiger partial charge in [-0.1, -0.05) is 32.9 Å². The van der Waals surface area contributed by atoms with E-state index in [4.69, 9.17) is 4.98 Å². The molecule has 2 aliphatic rings. The van der Waals surface area contributed by atoms with Crippen molar-refractivity contribution < 1.29 is 14.3 Å². The van der Waals surface area contributed by atoms with Gasteiger partial charge < -0.3 is 10.0 Å². The Kier molecular flexibility index (Phi) is 15.0. The molecule has 11 heteroatoms. The first kappa shape index (κ1) is 38.4. The lowest BCUT2D eigenvalue weighted by atomic mass is 9.87. The van der Waals surface area contributed by atoms with Crippen LogP contribution >= 0.6 is 48.6 Å². The van der Waals surface area contributed by atoms with E-state index in [-0.39, 0.29) is 60.9 Å². The van der Waals surface area contributed by atoms with E-state index in [1.165, 1.54) is 16.6 Å². The Labute approximate surface area is 284 Å². The molecule has 2 fully saturated rings. The van der Waals surface area contributed by atoms with Gasteiger partial charge in [-0.2, -0.15) is 0 Å². The van der Waals surface area contributed by atoms with E-state index in [1.807, 2.05) is 50.6 Å². The summed E-state index contributed by atoms with van der Waals surface area (Å²) in [6, 6.07) is 10.7. The zero-order valence-electron chi connectivity index (χ0n) is 25.9. The number of hydrogen-bond donors (Lipinski definition) is 1. The Balaban J connectivity index is 0.00000225. The lowest BCUT2D eigenvalue weighted by Crippen LogP contribution is -2.47. The van der Waals surface area contributed by atoms with Crippen molar-refractivity contribution in [3.63, 3.8) is 0 Å². The van der Waals surface area contributed by atoms with Gasteiger partial charge in [-0.25, -0.2) is 9.37 Å². The zero-order chi connectivity index (χ0) is 29.1. The van der Waals surface area contributed by atoms with Crippen LogP contribution in [0.25, 0.3) is 10.6 Å². The van der Waals surface area contributed by atoms with E-state index in [0.717, 1.165) is 67.9 Å². The average Bonchev–Trinajstić information content (AvgIpc) is 3.58. The van der Waals surface area contributed by atoms with Crippen molar-refractivity contribution >= 4 is 54.5 Å². The molecular formula is C33H46Cl3FN4O2S. The minimum absolute atomic E-state index is 0. The summed E-state index contributed by atoms with van der Waals surface area (Å²) in [5, 5.41) is 11.0. The summed E-state index contributed by atoms with van der Waals surface area (Å²) in [7, 11) is 1.96. The Morgan fingerprint density at radius 1 is 1.14 bits per heavy atom. The lowest BCUT2D eigenvalue weighted by Gasteiger charge is -2.35. The van der Waals surface area contributed by atoms with Crippen molar-refractivity contribution in [1.82, 2.24) is 19.8 Å². The van der Waals surface area contributed by atoms with Crippen LogP contribution in [0.1, 0.15) is 74.4 Å². The SMILES string of the molecule is CCc1nc(-c2cccnc2)sc1C1CCN(CC2CC(N(C)[C@@H](C(=O)O)C(C)C)CC2c2cccc(F)c2)CC1.Cl.Cl.Cl. The van der Waals surface area contributed by atoms with E-state index in [0.29, 0.717) is 11.8 Å². The molecule has 3 heterocycles. The second kappa shape index (κ2) is 17.2. The van der Waals surface area contributed by atoms with Gasteiger partial charge in [0.05, 0.1) is 5.69 Å². The normalized spacial score (nSPS) is 21.4. The molecular weight excluding hydrogens is 642 g/mol.